The summed E-state index contributed by atoms with van der Waals surface area (Å²) in [6, 6.07) is 0. The van der Waals surface area contributed by atoms with E-state index in [1.54, 1.807) is 0 Å². The molecule has 0 radical (unpaired) electrons. The topological polar surface area (TPSA) is 0 Å². The standard InChI is InChI=1S/C15H30.C12H24.C2H6/c1-6-13(3)15(4,5)11-14-9-7-12(2)8-10-14;1-4-11-5-7-12(8-6-11)9-10(2)3;1-2/h12-14H,6-11H2,1-5H3;10-12H,4-9H2,1-3H3;1-2H3. The molecule has 0 aliphatic heterocycles. The van der Waals surface area contributed by atoms with E-state index in [9.17, 15) is 0 Å². The molecule has 2 aliphatic carbocycles. The number of hydrogen-bond donors (Lipinski definition) is 0. The van der Waals surface area contributed by atoms with Gasteiger partial charge in [-0.15, -0.1) is 0 Å². The molecule has 1 unspecified atom stereocenters. The lowest BCUT2D eigenvalue weighted by molar-refractivity contribution is 0.139. The maximum Gasteiger partial charge on any atom is -0.0326 e. The molecule has 2 rings (SSSR count). The van der Waals surface area contributed by atoms with Crippen LogP contribution in [-0.4, -0.2) is 0 Å². The summed E-state index contributed by atoms with van der Waals surface area (Å²) in [5.41, 5.74) is 0.556. The molecule has 0 N–H and O–H groups in total. The highest BCUT2D eigenvalue weighted by Gasteiger charge is 2.29. The molecule has 0 aromatic rings. The van der Waals surface area contributed by atoms with E-state index in [-0.39, 0.29) is 0 Å². The van der Waals surface area contributed by atoms with Crippen LogP contribution in [0.1, 0.15) is 146 Å². The lowest BCUT2D eigenvalue weighted by Gasteiger charge is -2.37. The van der Waals surface area contributed by atoms with Gasteiger partial charge < -0.3 is 0 Å². The lowest BCUT2D eigenvalue weighted by atomic mass is 9.69. The van der Waals surface area contributed by atoms with Gasteiger partial charge in [0.05, 0.1) is 0 Å². The minimum Gasteiger partial charge on any atom is -0.0683 e. The third-order valence-corrected chi connectivity index (χ3v) is 8.25. The van der Waals surface area contributed by atoms with Crippen LogP contribution in [0.5, 0.6) is 0 Å². The van der Waals surface area contributed by atoms with Gasteiger partial charge in [0.25, 0.3) is 0 Å². The number of hydrogen-bond acceptors (Lipinski definition) is 0. The van der Waals surface area contributed by atoms with Gasteiger partial charge in [0.1, 0.15) is 0 Å². The highest BCUT2D eigenvalue weighted by molar-refractivity contribution is 4.80. The van der Waals surface area contributed by atoms with Gasteiger partial charge in [0.2, 0.25) is 0 Å². The Labute approximate surface area is 187 Å². The second-order valence-corrected chi connectivity index (χ2v) is 11.6. The van der Waals surface area contributed by atoms with Crippen molar-refractivity contribution in [1.82, 2.24) is 0 Å². The molecule has 0 aromatic heterocycles. The average Bonchev–Trinajstić information content (AvgIpc) is 2.71. The van der Waals surface area contributed by atoms with Crippen LogP contribution in [-0.2, 0) is 0 Å². The Kier molecular flexibility index (Phi) is 15.8. The second-order valence-electron chi connectivity index (χ2n) is 11.6. The largest absolute Gasteiger partial charge is 0.0683 e. The van der Waals surface area contributed by atoms with E-state index in [1.165, 1.54) is 77.0 Å². The van der Waals surface area contributed by atoms with Crippen molar-refractivity contribution in [1.29, 1.82) is 0 Å². The molecule has 2 aliphatic rings. The van der Waals surface area contributed by atoms with E-state index < -0.39 is 0 Å². The highest BCUT2D eigenvalue weighted by Crippen LogP contribution is 2.41. The molecule has 0 aromatic carbocycles. The van der Waals surface area contributed by atoms with Crippen LogP contribution in [0, 0.1) is 40.9 Å². The first-order valence-corrected chi connectivity index (χ1v) is 13.7. The zero-order valence-electron chi connectivity index (χ0n) is 22.4. The smallest absolute Gasteiger partial charge is 0.0326 e. The Morgan fingerprint density at radius 2 is 1.17 bits per heavy atom. The van der Waals surface area contributed by atoms with Gasteiger partial charge in [0.15, 0.2) is 0 Å². The van der Waals surface area contributed by atoms with Crippen molar-refractivity contribution in [2.75, 3.05) is 0 Å². The molecular weight excluding hydrogens is 348 g/mol. The Balaban J connectivity index is 0.000000508. The summed E-state index contributed by atoms with van der Waals surface area (Å²) >= 11 is 0. The Bertz CT molecular complexity index is 350. The summed E-state index contributed by atoms with van der Waals surface area (Å²) in [5, 5.41) is 0. The SMILES string of the molecule is CC.CCC(C)C(C)(C)CC1CCC(C)CC1.CCC1CCC(CC(C)C)CC1. The molecule has 0 heterocycles. The van der Waals surface area contributed by atoms with Crippen LogP contribution >= 0.6 is 0 Å². The maximum absolute atomic E-state index is 2.47. The van der Waals surface area contributed by atoms with Gasteiger partial charge in [-0.3, -0.25) is 0 Å². The highest BCUT2D eigenvalue weighted by atomic mass is 14.3. The average molecular weight is 409 g/mol. The quantitative estimate of drug-likeness (QED) is 0.393. The summed E-state index contributed by atoms with van der Waals surface area (Å²) in [7, 11) is 0. The van der Waals surface area contributed by atoms with Crippen molar-refractivity contribution in [2.45, 2.75) is 146 Å². The van der Waals surface area contributed by atoms with Crippen molar-refractivity contribution < 1.29 is 0 Å². The van der Waals surface area contributed by atoms with E-state index in [0.29, 0.717) is 5.41 Å². The van der Waals surface area contributed by atoms with Gasteiger partial charge in [-0.1, -0.05) is 133 Å². The summed E-state index contributed by atoms with van der Waals surface area (Å²) in [6.07, 6.45) is 17.6. The Hall–Kier alpha value is 0. The Morgan fingerprint density at radius 1 is 0.724 bits per heavy atom. The monoisotopic (exact) mass is 408 g/mol. The fourth-order valence-electron chi connectivity index (χ4n) is 5.57. The van der Waals surface area contributed by atoms with Crippen molar-refractivity contribution in [3.05, 3.63) is 0 Å². The van der Waals surface area contributed by atoms with Crippen molar-refractivity contribution in [3.8, 4) is 0 Å². The van der Waals surface area contributed by atoms with Gasteiger partial charge in [-0.25, -0.2) is 0 Å². The van der Waals surface area contributed by atoms with E-state index in [0.717, 1.165) is 35.5 Å². The molecule has 1 atom stereocenters. The fourth-order valence-corrected chi connectivity index (χ4v) is 5.57. The summed E-state index contributed by atoms with van der Waals surface area (Å²) in [6.45, 7) is 23.2. The fraction of sp³-hybridized carbons (Fsp3) is 1.00. The van der Waals surface area contributed by atoms with E-state index >= 15 is 0 Å². The maximum atomic E-state index is 2.47. The van der Waals surface area contributed by atoms with Crippen molar-refractivity contribution in [2.24, 2.45) is 40.9 Å². The van der Waals surface area contributed by atoms with Crippen LogP contribution in [0.4, 0.5) is 0 Å². The van der Waals surface area contributed by atoms with Crippen molar-refractivity contribution >= 4 is 0 Å². The molecule has 176 valence electrons. The normalized spacial score (nSPS) is 28.7. The van der Waals surface area contributed by atoms with E-state index in [1.807, 2.05) is 13.8 Å². The van der Waals surface area contributed by atoms with Crippen LogP contribution in [0.3, 0.4) is 0 Å². The molecule has 0 saturated heterocycles. The van der Waals surface area contributed by atoms with Crippen molar-refractivity contribution in [3.63, 3.8) is 0 Å². The van der Waals surface area contributed by atoms with Gasteiger partial charge in [0, 0.05) is 0 Å². The molecule has 0 heteroatoms. The van der Waals surface area contributed by atoms with Gasteiger partial charge >= 0.3 is 0 Å². The first-order valence-electron chi connectivity index (χ1n) is 13.7. The predicted molar refractivity (Wildman–Crippen MR) is 136 cm³/mol. The summed E-state index contributed by atoms with van der Waals surface area (Å²) < 4.78 is 0. The van der Waals surface area contributed by atoms with Crippen LogP contribution in [0.25, 0.3) is 0 Å². The van der Waals surface area contributed by atoms with E-state index in [2.05, 4.69) is 55.4 Å². The molecular formula is C29H60. The lowest BCUT2D eigenvalue weighted by Crippen LogP contribution is -2.26. The zero-order valence-corrected chi connectivity index (χ0v) is 22.4. The molecule has 0 amide bonds. The minimum atomic E-state index is 0.556. The zero-order chi connectivity index (χ0) is 22.4. The first-order chi connectivity index (χ1) is 13.7. The first kappa shape index (κ1) is 29.0. The van der Waals surface area contributed by atoms with Crippen LogP contribution in [0.15, 0.2) is 0 Å². The summed E-state index contributed by atoms with van der Waals surface area (Å²) in [5.74, 6) is 5.92. The van der Waals surface area contributed by atoms with Crippen LogP contribution in [0.2, 0.25) is 0 Å². The van der Waals surface area contributed by atoms with Crippen LogP contribution < -0.4 is 0 Å². The third kappa shape index (κ3) is 12.4. The van der Waals surface area contributed by atoms with E-state index in [4.69, 9.17) is 0 Å². The van der Waals surface area contributed by atoms with Gasteiger partial charge in [-0.2, -0.15) is 0 Å². The molecule has 0 spiro atoms. The molecule has 29 heavy (non-hydrogen) atoms. The number of rotatable bonds is 7. The van der Waals surface area contributed by atoms with Gasteiger partial charge in [-0.05, 0) is 53.8 Å². The predicted octanol–water partition coefficient (Wildman–Crippen LogP) is 10.6. The molecule has 0 bridgehead atoms. The third-order valence-electron chi connectivity index (χ3n) is 8.25. The molecule has 2 fully saturated rings. The summed E-state index contributed by atoms with van der Waals surface area (Å²) in [4.78, 5) is 0. The molecule has 0 nitrogen and oxygen atoms in total. The second kappa shape index (κ2) is 15.8. The Morgan fingerprint density at radius 3 is 1.59 bits per heavy atom. The molecule has 2 saturated carbocycles. The minimum absolute atomic E-state index is 0.556.